The monoisotopic (exact) mass is 561 g/mol. The average Bonchev–Trinajstić information content (AvgIpc) is 2.93. The number of aliphatic carboxylic acids is 1. The second-order valence-corrected chi connectivity index (χ2v) is 9.72. The minimum absolute atomic E-state index is 0.206. The molecule has 11 nitrogen and oxygen atoms in total. The van der Waals surface area contributed by atoms with Crippen molar-refractivity contribution in [1.82, 2.24) is 21.3 Å². The van der Waals surface area contributed by atoms with Gasteiger partial charge in [0.1, 0.15) is 6.04 Å². The second-order valence-electron chi connectivity index (χ2n) is 9.72. The predicted octanol–water partition coefficient (Wildman–Crippen LogP) is 2.52. The highest BCUT2D eigenvalue weighted by molar-refractivity contribution is 5.98. The molecule has 41 heavy (non-hydrogen) atoms. The fourth-order valence-corrected chi connectivity index (χ4v) is 4.59. The zero-order chi connectivity index (χ0) is 29.9. The first-order valence-corrected chi connectivity index (χ1v) is 13.2. The highest BCUT2D eigenvalue weighted by atomic mass is 16.4. The van der Waals surface area contributed by atoms with Crippen LogP contribution in [0.4, 0.5) is 4.79 Å². The molecule has 0 saturated carbocycles. The molecule has 5 amide bonds. The molecule has 3 rings (SSSR count). The molecule has 7 N–H and O–H groups in total. The molecule has 2 atom stereocenters. The van der Waals surface area contributed by atoms with E-state index in [1.807, 2.05) is 30.3 Å². The summed E-state index contributed by atoms with van der Waals surface area (Å²) in [6.07, 6.45) is 0.216. The quantitative estimate of drug-likeness (QED) is 0.174. The molecule has 11 heteroatoms. The van der Waals surface area contributed by atoms with Crippen LogP contribution in [0.15, 0.2) is 60.7 Å². The Morgan fingerprint density at radius 2 is 1.56 bits per heavy atom. The van der Waals surface area contributed by atoms with Crippen LogP contribution in [0.5, 0.6) is 0 Å². The first-order chi connectivity index (χ1) is 19.5. The van der Waals surface area contributed by atoms with E-state index < -0.39 is 48.4 Å². The maximum absolute atomic E-state index is 12.7. The number of fused-ring (bicyclic) bond motifs is 1. The largest absolute Gasteiger partial charge is 0.481 e. The highest BCUT2D eigenvalue weighted by Gasteiger charge is 2.22. The summed E-state index contributed by atoms with van der Waals surface area (Å²) in [5, 5.41) is 21.8. The highest BCUT2D eigenvalue weighted by Crippen LogP contribution is 2.31. The fraction of sp³-hybridized carbons (Fsp3) is 0.300. The van der Waals surface area contributed by atoms with Crippen molar-refractivity contribution in [2.24, 2.45) is 5.73 Å². The summed E-state index contributed by atoms with van der Waals surface area (Å²) in [6, 6.07) is 17.1. The molecule has 0 spiro atoms. The molecule has 0 aromatic heterocycles. The molecular weight excluding hydrogens is 526 g/mol. The number of amides is 5. The standard InChI is InChI=1S/C30H35N5O6/c1-18-9-14-23(24-7-4-3-6-22(18)24)20-10-12-21(13-11-20)26(16-28(38)39)35-27(37)17-33-29(40)25(34-19(2)36)8-5-15-32-30(31)41/h3-4,6-7,9-14,25-26H,5,8,15-17H2,1-2H3,(H,33,40)(H,34,36)(H,35,37)(H,38,39)(H3,31,32,41). The fourth-order valence-electron chi connectivity index (χ4n) is 4.59. The Morgan fingerprint density at radius 1 is 0.878 bits per heavy atom. The molecule has 0 heterocycles. The van der Waals surface area contributed by atoms with E-state index in [0.29, 0.717) is 12.0 Å². The van der Waals surface area contributed by atoms with E-state index in [1.54, 1.807) is 12.1 Å². The number of carbonyl (C=O) groups excluding carboxylic acids is 4. The summed E-state index contributed by atoms with van der Waals surface area (Å²) in [5.41, 5.74) is 8.78. The van der Waals surface area contributed by atoms with E-state index in [-0.39, 0.29) is 19.4 Å². The summed E-state index contributed by atoms with van der Waals surface area (Å²) in [5.74, 6) is -2.70. The van der Waals surface area contributed by atoms with Gasteiger partial charge in [-0.15, -0.1) is 0 Å². The molecule has 0 aliphatic rings. The van der Waals surface area contributed by atoms with Crippen molar-refractivity contribution in [3.05, 3.63) is 71.8 Å². The SMILES string of the molecule is CC(=O)NC(CCCNC(N)=O)C(=O)NCC(=O)NC(CC(=O)O)c1ccc(-c2ccc(C)c3ccccc23)cc1. The van der Waals surface area contributed by atoms with Crippen molar-refractivity contribution < 1.29 is 29.1 Å². The van der Waals surface area contributed by atoms with Crippen LogP contribution in [0.1, 0.15) is 43.4 Å². The Labute approximate surface area is 237 Å². The number of hydrogen-bond donors (Lipinski definition) is 6. The van der Waals surface area contributed by atoms with Crippen LogP contribution in [0, 0.1) is 6.92 Å². The lowest BCUT2D eigenvalue weighted by Crippen LogP contribution is -2.49. The molecular formula is C30H35N5O6. The minimum atomic E-state index is -1.09. The van der Waals surface area contributed by atoms with Gasteiger partial charge in [0.2, 0.25) is 17.7 Å². The number of rotatable bonds is 13. The van der Waals surface area contributed by atoms with Gasteiger partial charge in [-0.3, -0.25) is 19.2 Å². The lowest BCUT2D eigenvalue weighted by molar-refractivity contribution is -0.138. The van der Waals surface area contributed by atoms with Gasteiger partial charge >= 0.3 is 12.0 Å². The Balaban J connectivity index is 1.66. The number of carboxylic acid groups (broad SMARTS) is 1. The van der Waals surface area contributed by atoms with E-state index >= 15 is 0 Å². The number of carboxylic acids is 1. The van der Waals surface area contributed by atoms with Gasteiger partial charge in [-0.05, 0) is 52.8 Å². The van der Waals surface area contributed by atoms with Crippen LogP contribution < -0.4 is 27.0 Å². The number of nitrogens with one attached hydrogen (secondary N) is 4. The molecule has 3 aromatic rings. The summed E-state index contributed by atoms with van der Waals surface area (Å²) < 4.78 is 0. The molecule has 216 valence electrons. The maximum atomic E-state index is 12.7. The van der Waals surface area contributed by atoms with Crippen LogP contribution in [0.25, 0.3) is 21.9 Å². The second kappa shape index (κ2) is 14.5. The van der Waals surface area contributed by atoms with Gasteiger partial charge in [0.25, 0.3) is 0 Å². The van der Waals surface area contributed by atoms with Gasteiger partial charge in [-0.1, -0.05) is 60.7 Å². The first kappa shape index (κ1) is 30.6. The van der Waals surface area contributed by atoms with Crippen molar-refractivity contribution in [2.75, 3.05) is 13.1 Å². The van der Waals surface area contributed by atoms with Crippen molar-refractivity contribution in [3.8, 4) is 11.1 Å². The maximum Gasteiger partial charge on any atom is 0.312 e. The summed E-state index contributed by atoms with van der Waals surface area (Å²) in [6.45, 7) is 3.12. The summed E-state index contributed by atoms with van der Waals surface area (Å²) >= 11 is 0. The Hall–Kier alpha value is -4.93. The summed E-state index contributed by atoms with van der Waals surface area (Å²) in [7, 11) is 0. The van der Waals surface area contributed by atoms with Crippen LogP contribution in [-0.2, 0) is 19.2 Å². The number of primary amides is 1. The topological polar surface area (TPSA) is 180 Å². The molecule has 0 fully saturated rings. The number of urea groups is 1. The zero-order valence-corrected chi connectivity index (χ0v) is 23.0. The average molecular weight is 562 g/mol. The number of carbonyl (C=O) groups is 5. The van der Waals surface area contributed by atoms with E-state index in [0.717, 1.165) is 21.9 Å². The van der Waals surface area contributed by atoms with E-state index in [2.05, 4.69) is 46.4 Å². The van der Waals surface area contributed by atoms with Crippen molar-refractivity contribution in [2.45, 2.75) is 45.2 Å². The number of aryl methyl sites for hydroxylation is 1. The number of nitrogens with two attached hydrogens (primary N) is 1. The predicted molar refractivity (Wildman–Crippen MR) is 155 cm³/mol. The lowest BCUT2D eigenvalue weighted by atomic mass is 9.94. The van der Waals surface area contributed by atoms with Crippen molar-refractivity contribution in [3.63, 3.8) is 0 Å². The Kier molecular flexibility index (Phi) is 10.8. The third-order valence-corrected chi connectivity index (χ3v) is 6.57. The molecule has 0 saturated heterocycles. The lowest BCUT2D eigenvalue weighted by Gasteiger charge is -2.20. The molecule has 2 unspecified atom stereocenters. The normalized spacial score (nSPS) is 12.1. The van der Waals surface area contributed by atoms with E-state index in [9.17, 15) is 29.1 Å². The van der Waals surface area contributed by atoms with Crippen molar-refractivity contribution in [1.29, 1.82) is 0 Å². The summed E-state index contributed by atoms with van der Waals surface area (Å²) in [4.78, 5) is 59.2. The third kappa shape index (κ3) is 9.06. The molecule has 3 aromatic carbocycles. The van der Waals surface area contributed by atoms with Crippen LogP contribution >= 0.6 is 0 Å². The van der Waals surface area contributed by atoms with Crippen molar-refractivity contribution >= 4 is 40.5 Å². The van der Waals surface area contributed by atoms with Gasteiger partial charge in [-0.2, -0.15) is 0 Å². The third-order valence-electron chi connectivity index (χ3n) is 6.57. The van der Waals surface area contributed by atoms with Crippen LogP contribution in [0.2, 0.25) is 0 Å². The molecule has 0 aliphatic carbocycles. The van der Waals surface area contributed by atoms with Gasteiger partial charge in [-0.25, -0.2) is 4.79 Å². The molecule has 0 radical (unpaired) electrons. The van der Waals surface area contributed by atoms with Crippen LogP contribution in [-0.4, -0.2) is 54.0 Å². The molecule has 0 bridgehead atoms. The van der Waals surface area contributed by atoms with Crippen LogP contribution in [0.3, 0.4) is 0 Å². The van der Waals surface area contributed by atoms with Gasteiger partial charge in [0.15, 0.2) is 0 Å². The van der Waals surface area contributed by atoms with E-state index in [4.69, 9.17) is 5.73 Å². The minimum Gasteiger partial charge on any atom is -0.481 e. The Morgan fingerprint density at radius 3 is 2.20 bits per heavy atom. The number of benzene rings is 3. The van der Waals surface area contributed by atoms with E-state index in [1.165, 1.54) is 12.5 Å². The first-order valence-electron chi connectivity index (χ1n) is 13.2. The van der Waals surface area contributed by atoms with Gasteiger partial charge in [0, 0.05) is 13.5 Å². The van der Waals surface area contributed by atoms with Gasteiger partial charge in [0.05, 0.1) is 19.0 Å². The number of hydrogen-bond acceptors (Lipinski definition) is 5. The molecule has 0 aliphatic heterocycles. The van der Waals surface area contributed by atoms with Gasteiger partial charge < -0.3 is 32.1 Å². The smallest absolute Gasteiger partial charge is 0.312 e. The Bertz CT molecular complexity index is 1420. The zero-order valence-electron chi connectivity index (χ0n) is 23.0.